The average molecular weight is 552 g/mol. The summed E-state index contributed by atoms with van der Waals surface area (Å²) in [7, 11) is 0. The highest BCUT2D eigenvalue weighted by Gasteiger charge is 2.39. The topological polar surface area (TPSA) is 116 Å². The summed E-state index contributed by atoms with van der Waals surface area (Å²) >= 11 is 0. The normalized spacial score (nSPS) is 22.8. The number of nitrogens with one attached hydrogen (secondary N) is 1. The Morgan fingerprint density at radius 3 is 2.55 bits per heavy atom. The minimum Gasteiger partial charge on any atom is -0.444 e. The van der Waals surface area contributed by atoms with Crippen molar-refractivity contribution in [1.82, 2.24) is 15.1 Å². The molecule has 1 unspecified atom stereocenters. The second-order valence-electron chi connectivity index (χ2n) is 12.0. The number of piperidine rings is 1. The highest BCUT2D eigenvalue weighted by atomic mass is 16.6. The Kier molecular flexibility index (Phi) is 9.52. The Bertz CT molecular complexity index is 1190. The molecule has 0 bridgehead atoms. The number of nitrogens with zero attached hydrogens (tertiary/aromatic N) is 2. The monoisotopic (exact) mass is 551 g/mol. The molecule has 2 heterocycles. The lowest BCUT2D eigenvalue weighted by atomic mass is 9.92. The first-order valence-electron chi connectivity index (χ1n) is 14.5. The van der Waals surface area contributed by atoms with Crippen molar-refractivity contribution in [3.8, 4) is 11.8 Å². The fraction of sp³-hybridized carbons (Fsp3) is 0.613. The summed E-state index contributed by atoms with van der Waals surface area (Å²) < 4.78 is 5.66. The molecule has 4 amide bonds. The molecule has 40 heavy (non-hydrogen) atoms. The Balaban J connectivity index is 1.25. The van der Waals surface area contributed by atoms with Crippen LogP contribution in [-0.4, -0.2) is 69.1 Å². The number of amides is 4. The predicted octanol–water partition coefficient (Wildman–Crippen LogP) is 3.90. The molecule has 1 aromatic rings. The van der Waals surface area contributed by atoms with E-state index in [0.717, 1.165) is 49.7 Å². The number of imide groups is 1. The summed E-state index contributed by atoms with van der Waals surface area (Å²) in [6, 6.07) is 4.99. The summed E-state index contributed by atoms with van der Waals surface area (Å²) in [6.45, 7) is 6.59. The SMILES string of the molecule is CC(C)(C)OC(=O)N(CCCCCC#Cc1ccc2c(c1)CN(C1CCC(=O)NC1=O)C2=O)[C@H]1CC[C@@H](O)CC1. The van der Waals surface area contributed by atoms with Crippen molar-refractivity contribution < 1.29 is 29.0 Å². The molecule has 216 valence electrons. The Morgan fingerprint density at radius 2 is 1.85 bits per heavy atom. The highest BCUT2D eigenvalue weighted by molar-refractivity contribution is 6.05. The van der Waals surface area contributed by atoms with Crippen molar-refractivity contribution in [2.45, 2.75) is 115 Å². The largest absolute Gasteiger partial charge is 0.444 e. The van der Waals surface area contributed by atoms with Crippen LogP contribution in [0.2, 0.25) is 0 Å². The molecule has 1 saturated heterocycles. The third-order valence-electron chi connectivity index (χ3n) is 7.69. The molecule has 2 aliphatic heterocycles. The summed E-state index contributed by atoms with van der Waals surface area (Å²) in [4.78, 5) is 52.8. The summed E-state index contributed by atoms with van der Waals surface area (Å²) in [6.07, 6.45) is 6.47. The molecular weight excluding hydrogens is 510 g/mol. The van der Waals surface area contributed by atoms with Crippen molar-refractivity contribution in [1.29, 1.82) is 0 Å². The number of aliphatic hydroxyl groups excluding tert-OH is 1. The van der Waals surface area contributed by atoms with E-state index < -0.39 is 17.6 Å². The summed E-state index contributed by atoms with van der Waals surface area (Å²) in [5.74, 6) is 5.51. The molecule has 1 aromatic carbocycles. The molecule has 2 fully saturated rings. The van der Waals surface area contributed by atoms with Crippen LogP contribution in [0.3, 0.4) is 0 Å². The van der Waals surface area contributed by atoms with Crippen molar-refractivity contribution >= 4 is 23.8 Å². The molecule has 4 rings (SSSR count). The zero-order valence-electron chi connectivity index (χ0n) is 23.8. The van der Waals surface area contributed by atoms with Gasteiger partial charge in [0.05, 0.1) is 6.10 Å². The van der Waals surface area contributed by atoms with Crippen LogP contribution in [0.4, 0.5) is 4.79 Å². The third-order valence-corrected chi connectivity index (χ3v) is 7.69. The second kappa shape index (κ2) is 12.9. The van der Waals surface area contributed by atoms with Crippen molar-refractivity contribution in [3.05, 3.63) is 34.9 Å². The standard InChI is InChI=1S/C31H41N3O6/c1-31(2,3)40-30(39)33(23-11-13-24(35)14-12-23)18-8-6-4-5-7-9-21-10-15-25-22(19-21)20-34(29(25)38)26-16-17-27(36)32-28(26)37/h10,15,19,23-24,26,35H,4-6,8,11-14,16-18,20H2,1-3H3,(H,32,36,37)/t23-,24+,26?. The van der Waals surface area contributed by atoms with E-state index in [1.807, 2.05) is 37.8 Å². The summed E-state index contributed by atoms with van der Waals surface area (Å²) in [5.41, 5.74) is 1.70. The molecule has 1 atom stereocenters. The number of carbonyl (C=O) groups is 4. The third kappa shape index (κ3) is 7.63. The van der Waals surface area contributed by atoms with Crippen LogP contribution in [0, 0.1) is 11.8 Å². The maximum absolute atomic E-state index is 12.9. The van der Waals surface area contributed by atoms with E-state index >= 15 is 0 Å². The number of hydrogen-bond donors (Lipinski definition) is 2. The average Bonchev–Trinajstić information content (AvgIpc) is 3.20. The van der Waals surface area contributed by atoms with Crippen LogP contribution in [0.25, 0.3) is 0 Å². The highest BCUT2D eigenvalue weighted by Crippen LogP contribution is 2.28. The lowest BCUT2D eigenvalue weighted by molar-refractivity contribution is -0.136. The molecule has 0 spiro atoms. The summed E-state index contributed by atoms with van der Waals surface area (Å²) in [5, 5.41) is 12.2. The molecule has 1 aliphatic carbocycles. The van der Waals surface area contributed by atoms with E-state index in [1.165, 1.54) is 0 Å². The molecule has 2 N–H and O–H groups in total. The fourth-order valence-electron chi connectivity index (χ4n) is 5.60. The van der Waals surface area contributed by atoms with Gasteiger partial charge in [0.25, 0.3) is 5.91 Å². The van der Waals surface area contributed by atoms with Crippen LogP contribution in [0.15, 0.2) is 18.2 Å². The van der Waals surface area contributed by atoms with Gasteiger partial charge < -0.3 is 19.6 Å². The van der Waals surface area contributed by atoms with Crippen LogP contribution in [0.1, 0.15) is 106 Å². The maximum atomic E-state index is 12.9. The van der Waals surface area contributed by atoms with Gasteiger partial charge in [0, 0.05) is 43.1 Å². The van der Waals surface area contributed by atoms with Crippen LogP contribution in [-0.2, 0) is 20.9 Å². The Hall–Kier alpha value is -3.38. The van der Waals surface area contributed by atoms with E-state index in [1.54, 1.807) is 11.0 Å². The smallest absolute Gasteiger partial charge is 0.410 e. The first kappa shape index (κ1) is 29.6. The van der Waals surface area contributed by atoms with Crippen molar-refractivity contribution in [3.63, 3.8) is 0 Å². The zero-order chi connectivity index (χ0) is 28.9. The Morgan fingerprint density at radius 1 is 1.10 bits per heavy atom. The van der Waals surface area contributed by atoms with Gasteiger partial charge in [-0.25, -0.2) is 4.79 Å². The number of aliphatic hydroxyl groups is 1. The molecule has 0 radical (unpaired) electrons. The molecule has 9 heteroatoms. The number of benzene rings is 1. The van der Waals surface area contributed by atoms with Crippen LogP contribution < -0.4 is 5.32 Å². The van der Waals surface area contributed by atoms with Crippen molar-refractivity contribution in [2.75, 3.05) is 6.54 Å². The first-order chi connectivity index (χ1) is 19.0. The predicted molar refractivity (Wildman–Crippen MR) is 149 cm³/mol. The molecule has 1 saturated carbocycles. The number of unbranched alkanes of at least 4 members (excludes halogenated alkanes) is 3. The van der Waals surface area contributed by atoms with E-state index in [2.05, 4.69) is 17.2 Å². The molecular formula is C31H41N3O6. The lowest BCUT2D eigenvalue weighted by Gasteiger charge is -2.36. The van der Waals surface area contributed by atoms with Crippen LogP contribution in [0.5, 0.6) is 0 Å². The second-order valence-corrected chi connectivity index (χ2v) is 12.0. The number of ether oxygens (including phenoxy) is 1. The molecule has 0 aromatic heterocycles. The van der Waals surface area contributed by atoms with E-state index in [4.69, 9.17) is 4.74 Å². The van der Waals surface area contributed by atoms with Crippen molar-refractivity contribution in [2.24, 2.45) is 0 Å². The number of carbonyl (C=O) groups excluding carboxylic acids is 4. The minimum absolute atomic E-state index is 0.107. The Labute approximate surface area is 236 Å². The van der Waals surface area contributed by atoms with Gasteiger partial charge in [-0.3, -0.25) is 19.7 Å². The first-order valence-corrected chi connectivity index (χ1v) is 14.5. The fourth-order valence-corrected chi connectivity index (χ4v) is 5.60. The van der Waals surface area contributed by atoms with Gasteiger partial charge in [0.1, 0.15) is 11.6 Å². The maximum Gasteiger partial charge on any atom is 0.410 e. The van der Waals surface area contributed by atoms with E-state index in [9.17, 15) is 24.3 Å². The van der Waals surface area contributed by atoms with E-state index in [-0.39, 0.29) is 36.5 Å². The van der Waals surface area contributed by atoms with Gasteiger partial charge >= 0.3 is 6.09 Å². The number of hydrogen-bond acceptors (Lipinski definition) is 6. The quantitative estimate of drug-likeness (QED) is 0.302. The zero-order valence-corrected chi connectivity index (χ0v) is 23.8. The van der Waals surface area contributed by atoms with Gasteiger partial charge in [0.15, 0.2) is 0 Å². The molecule has 9 nitrogen and oxygen atoms in total. The number of fused-ring (bicyclic) bond motifs is 1. The van der Waals surface area contributed by atoms with Gasteiger partial charge in [-0.15, -0.1) is 0 Å². The van der Waals surface area contributed by atoms with Gasteiger partial charge in [-0.2, -0.15) is 0 Å². The number of rotatable bonds is 7. The minimum atomic E-state index is -0.622. The van der Waals surface area contributed by atoms with E-state index in [0.29, 0.717) is 37.9 Å². The van der Waals surface area contributed by atoms with Crippen LogP contribution >= 0.6 is 0 Å². The lowest BCUT2D eigenvalue weighted by Crippen LogP contribution is -2.52. The van der Waals surface area contributed by atoms with Gasteiger partial charge in [0.2, 0.25) is 11.8 Å². The molecule has 3 aliphatic rings. The van der Waals surface area contributed by atoms with Gasteiger partial charge in [-0.1, -0.05) is 18.3 Å². The van der Waals surface area contributed by atoms with Gasteiger partial charge in [-0.05, 0) is 89.5 Å².